The van der Waals surface area contributed by atoms with E-state index in [1.807, 2.05) is 12.1 Å². The highest BCUT2D eigenvalue weighted by Gasteiger charge is 2.22. The Labute approximate surface area is 117 Å². The Kier molecular flexibility index (Phi) is 5.42. The van der Waals surface area contributed by atoms with Crippen molar-refractivity contribution in [3.05, 3.63) is 35.6 Å². The van der Waals surface area contributed by atoms with Crippen molar-refractivity contribution < 1.29 is 4.39 Å². The molecule has 0 amide bonds. The van der Waals surface area contributed by atoms with Gasteiger partial charge in [-0.1, -0.05) is 45.2 Å². The van der Waals surface area contributed by atoms with Gasteiger partial charge in [0.2, 0.25) is 0 Å². The highest BCUT2D eigenvalue weighted by molar-refractivity contribution is 5.20. The van der Waals surface area contributed by atoms with Gasteiger partial charge in [0, 0.05) is 0 Å². The van der Waals surface area contributed by atoms with Gasteiger partial charge in [0.1, 0.15) is 5.82 Å². The molecule has 0 heterocycles. The zero-order valence-corrected chi connectivity index (χ0v) is 12.4. The summed E-state index contributed by atoms with van der Waals surface area (Å²) in [5.74, 6) is 2.37. The van der Waals surface area contributed by atoms with Crippen LogP contribution in [0.5, 0.6) is 0 Å². The molecule has 1 aliphatic rings. The molecule has 0 N–H and O–H groups in total. The third kappa shape index (κ3) is 4.33. The summed E-state index contributed by atoms with van der Waals surface area (Å²) in [7, 11) is 0. The smallest absolute Gasteiger partial charge is 0.123 e. The van der Waals surface area contributed by atoms with Gasteiger partial charge in [-0.25, -0.2) is 4.39 Å². The van der Waals surface area contributed by atoms with Crippen molar-refractivity contribution in [2.45, 2.75) is 64.7 Å². The number of hydrogen-bond donors (Lipinski definition) is 0. The van der Waals surface area contributed by atoms with E-state index in [0.717, 1.165) is 11.8 Å². The first-order valence-corrected chi connectivity index (χ1v) is 7.94. The van der Waals surface area contributed by atoms with Gasteiger partial charge in [-0.3, -0.25) is 0 Å². The maximum absolute atomic E-state index is 12.9. The second-order valence-electron chi connectivity index (χ2n) is 6.36. The average Bonchev–Trinajstić information content (AvgIpc) is 2.46. The van der Waals surface area contributed by atoms with Crippen molar-refractivity contribution in [1.82, 2.24) is 0 Å². The number of halogens is 1. The van der Waals surface area contributed by atoms with Crippen LogP contribution in [0.2, 0.25) is 0 Å². The molecule has 1 saturated carbocycles. The molecule has 0 bridgehead atoms. The predicted octanol–water partition coefficient (Wildman–Crippen LogP) is 5.93. The van der Waals surface area contributed by atoms with Gasteiger partial charge in [0.25, 0.3) is 0 Å². The quantitative estimate of drug-likeness (QED) is 0.617. The summed E-state index contributed by atoms with van der Waals surface area (Å²) >= 11 is 0. The standard InChI is InChI=1S/C18H27F/c1-3-14(2)4-5-15-6-8-16(9-7-15)17-10-12-18(19)13-11-17/h10-16H,3-9H2,1-2H3/t14?,15-,16-. The van der Waals surface area contributed by atoms with E-state index in [0.29, 0.717) is 5.92 Å². The van der Waals surface area contributed by atoms with Crippen LogP contribution in [0.15, 0.2) is 24.3 Å². The van der Waals surface area contributed by atoms with Crippen LogP contribution < -0.4 is 0 Å². The third-order valence-electron chi connectivity index (χ3n) is 4.95. The number of hydrogen-bond acceptors (Lipinski definition) is 0. The lowest BCUT2D eigenvalue weighted by Gasteiger charge is -2.29. The van der Waals surface area contributed by atoms with Gasteiger partial charge in [-0.15, -0.1) is 0 Å². The SMILES string of the molecule is CCC(C)CC[C@H]1CC[C@H](c2ccc(F)cc2)CC1. The fourth-order valence-electron chi connectivity index (χ4n) is 3.24. The second kappa shape index (κ2) is 7.07. The zero-order valence-electron chi connectivity index (χ0n) is 12.4. The lowest BCUT2D eigenvalue weighted by atomic mass is 9.76. The molecule has 1 unspecified atom stereocenters. The molecule has 1 fully saturated rings. The van der Waals surface area contributed by atoms with Crippen LogP contribution in [-0.2, 0) is 0 Å². The molecule has 19 heavy (non-hydrogen) atoms. The molecule has 1 atom stereocenters. The van der Waals surface area contributed by atoms with Crippen LogP contribution in [0.3, 0.4) is 0 Å². The van der Waals surface area contributed by atoms with Crippen molar-refractivity contribution in [3.8, 4) is 0 Å². The Bertz CT molecular complexity index is 360. The lowest BCUT2D eigenvalue weighted by Crippen LogP contribution is -2.14. The Morgan fingerprint density at radius 3 is 2.32 bits per heavy atom. The maximum Gasteiger partial charge on any atom is 0.123 e. The molecule has 0 radical (unpaired) electrons. The van der Waals surface area contributed by atoms with Crippen molar-refractivity contribution >= 4 is 0 Å². The molecule has 0 spiro atoms. The topological polar surface area (TPSA) is 0 Å². The third-order valence-corrected chi connectivity index (χ3v) is 4.95. The summed E-state index contributed by atoms with van der Waals surface area (Å²) in [6.07, 6.45) is 9.41. The van der Waals surface area contributed by atoms with Gasteiger partial charge in [0.05, 0.1) is 0 Å². The normalized spacial score (nSPS) is 25.2. The van der Waals surface area contributed by atoms with E-state index >= 15 is 0 Å². The fraction of sp³-hybridized carbons (Fsp3) is 0.667. The number of rotatable bonds is 5. The molecule has 1 aromatic rings. The monoisotopic (exact) mass is 262 g/mol. The van der Waals surface area contributed by atoms with Gasteiger partial charge < -0.3 is 0 Å². The van der Waals surface area contributed by atoms with E-state index in [1.165, 1.54) is 50.5 Å². The van der Waals surface area contributed by atoms with Crippen LogP contribution in [-0.4, -0.2) is 0 Å². The largest absolute Gasteiger partial charge is 0.207 e. The van der Waals surface area contributed by atoms with E-state index in [9.17, 15) is 4.39 Å². The Balaban J connectivity index is 1.77. The minimum Gasteiger partial charge on any atom is -0.207 e. The Hall–Kier alpha value is -0.850. The average molecular weight is 262 g/mol. The molecular weight excluding hydrogens is 235 g/mol. The summed E-state index contributed by atoms with van der Waals surface area (Å²) in [4.78, 5) is 0. The van der Waals surface area contributed by atoms with E-state index in [-0.39, 0.29) is 5.82 Å². The first kappa shape index (κ1) is 14.6. The van der Waals surface area contributed by atoms with Gasteiger partial charge >= 0.3 is 0 Å². The lowest BCUT2D eigenvalue weighted by molar-refractivity contribution is 0.289. The predicted molar refractivity (Wildman–Crippen MR) is 79.8 cm³/mol. The molecule has 0 saturated heterocycles. The van der Waals surface area contributed by atoms with Crippen molar-refractivity contribution in [2.24, 2.45) is 11.8 Å². The van der Waals surface area contributed by atoms with Crippen LogP contribution >= 0.6 is 0 Å². The minimum atomic E-state index is -0.119. The molecule has 1 heteroatoms. The molecule has 0 aliphatic heterocycles. The fourth-order valence-corrected chi connectivity index (χ4v) is 3.24. The zero-order chi connectivity index (χ0) is 13.7. The highest BCUT2D eigenvalue weighted by Crippen LogP contribution is 2.38. The summed E-state index contributed by atoms with van der Waals surface area (Å²) in [5.41, 5.74) is 1.33. The summed E-state index contributed by atoms with van der Waals surface area (Å²) in [6, 6.07) is 7.15. The van der Waals surface area contributed by atoms with Crippen LogP contribution in [0.1, 0.15) is 70.3 Å². The molecular formula is C18H27F. The highest BCUT2D eigenvalue weighted by atomic mass is 19.1. The van der Waals surface area contributed by atoms with Crippen molar-refractivity contribution in [1.29, 1.82) is 0 Å². The van der Waals surface area contributed by atoms with Crippen LogP contribution in [0.25, 0.3) is 0 Å². The van der Waals surface area contributed by atoms with E-state index in [1.54, 1.807) is 12.1 Å². The minimum absolute atomic E-state index is 0.119. The van der Waals surface area contributed by atoms with Gasteiger partial charge in [-0.05, 0) is 61.1 Å². The second-order valence-corrected chi connectivity index (χ2v) is 6.36. The van der Waals surface area contributed by atoms with Gasteiger partial charge in [0.15, 0.2) is 0 Å². The van der Waals surface area contributed by atoms with Crippen molar-refractivity contribution in [3.63, 3.8) is 0 Å². The first-order chi connectivity index (χ1) is 9.19. The molecule has 1 aromatic carbocycles. The van der Waals surface area contributed by atoms with Crippen molar-refractivity contribution in [2.75, 3.05) is 0 Å². The Morgan fingerprint density at radius 2 is 1.74 bits per heavy atom. The molecule has 2 rings (SSSR count). The molecule has 1 aliphatic carbocycles. The first-order valence-electron chi connectivity index (χ1n) is 7.94. The van der Waals surface area contributed by atoms with Crippen LogP contribution in [0, 0.1) is 17.7 Å². The van der Waals surface area contributed by atoms with E-state index in [4.69, 9.17) is 0 Å². The van der Waals surface area contributed by atoms with Crippen LogP contribution in [0.4, 0.5) is 4.39 Å². The van der Waals surface area contributed by atoms with E-state index in [2.05, 4.69) is 13.8 Å². The maximum atomic E-state index is 12.9. The summed E-state index contributed by atoms with van der Waals surface area (Å²) in [5, 5.41) is 0. The molecule has 106 valence electrons. The summed E-state index contributed by atoms with van der Waals surface area (Å²) < 4.78 is 12.9. The summed E-state index contributed by atoms with van der Waals surface area (Å²) in [6.45, 7) is 4.65. The molecule has 0 nitrogen and oxygen atoms in total. The Morgan fingerprint density at radius 1 is 1.11 bits per heavy atom. The molecule has 0 aromatic heterocycles. The van der Waals surface area contributed by atoms with Gasteiger partial charge in [-0.2, -0.15) is 0 Å². The van der Waals surface area contributed by atoms with E-state index < -0.39 is 0 Å². The number of benzene rings is 1.